The van der Waals surface area contributed by atoms with Crippen LogP contribution in [0.25, 0.3) is 0 Å². The zero-order valence-electron chi connectivity index (χ0n) is 14.3. The summed E-state index contributed by atoms with van der Waals surface area (Å²) >= 11 is 0. The maximum absolute atomic E-state index is 12.8. The lowest BCUT2D eigenvalue weighted by Gasteiger charge is -2.25. The number of carbonyl (C=O) groups is 1. The fourth-order valence-electron chi connectivity index (χ4n) is 3.73. The molecular formula is C18H25N5O. The summed E-state index contributed by atoms with van der Waals surface area (Å²) in [4.78, 5) is 14.8. The lowest BCUT2D eigenvalue weighted by Crippen LogP contribution is -2.36. The van der Waals surface area contributed by atoms with Crippen molar-refractivity contribution in [2.45, 2.75) is 51.1 Å². The number of hydrogen-bond acceptors (Lipinski definition) is 3. The average molecular weight is 327 g/mol. The lowest BCUT2D eigenvalue weighted by atomic mass is 10.1. The highest BCUT2D eigenvalue weighted by atomic mass is 16.2. The van der Waals surface area contributed by atoms with Gasteiger partial charge in [0.25, 0.3) is 5.91 Å². The summed E-state index contributed by atoms with van der Waals surface area (Å²) in [7, 11) is 1.93. The molecule has 2 fully saturated rings. The van der Waals surface area contributed by atoms with Crippen LogP contribution in [0, 0.1) is 5.92 Å². The van der Waals surface area contributed by atoms with Gasteiger partial charge in [0.05, 0.1) is 0 Å². The molecule has 1 atom stereocenters. The summed E-state index contributed by atoms with van der Waals surface area (Å²) in [5, 5.41) is 8.38. The third-order valence-electron chi connectivity index (χ3n) is 5.35. The quantitative estimate of drug-likeness (QED) is 0.818. The molecule has 3 heterocycles. The molecule has 1 saturated carbocycles. The maximum atomic E-state index is 12.8. The van der Waals surface area contributed by atoms with E-state index >= 15 is 0 Å². The van der Waals surface area contributed by atoms with Crippen molar-refractivity contribution in [1.29, 1.82) is 0 Å². The minimum absolute atomic E-state index is 0.157. The Morgan fingerprint density at radius 2 is 2.21 bits per heavy atom. The monoisotopic (exact) mass is 327 g/mol. The van der Waals surface area contributed by atoms with Crippen LogP contribution >= 0.6 is 0 Å². The number of carbonyl (C=O) groups excluding carboxylic acids is 1. The Hall–Kier alpha value is -2.11. The number of amides is 1. The molecule has 2 aromatic heterocycles. The van der Waals surface area contributed by atoms with Gasteiger partial charge in [-0.1, -0.05) is 0 Å². The molecule has 0 N–H and O–H groups in total. The van der Waals surface area contributed by atoms with Crippen LogP contribution in [0.1, 0.15) is 48.4 Å². The SMILES string of the molecule is Cn1cccc1C(=O)N1CCCC1CCc1nncn1CC1CC1. The number of rotatable bonds is 6. The highest BCUT2D eigenvalue weighted by molar-refractivity contribution is 5.93. The summed E-state index contributed by atoms with van der Waals surface area (Å²) in [6.07, 6.45) is 10.5. The van der Waals surface area contributed by atoms with E-state index in [-0.39, 0.29) is 5.91 Å². The first-order valence-corrected chi connectivity index (χ1v) is 9.01. The molecule has 2 aromatic rings. The van der Waals surface area contributed by atoms with Gasteiger partial charge in [0.15, 0.2) is 0 Å². The zero-order valence-corrected chi connectivity index (χ0v) is 14.3. The topological polar surface area (TPSA) is 56.0 Å². The fourth-order valence-corrected chi connectivity index (χ4v) is 3.73. The predicted molar refractivity (Wildman–Crippen MR) is 90.5 cm³/mol. The number of nitrogens with zero attached hydrogens (tertiary/aromatic N) is 5. The Bertz CT molecular complexity index is 715. The molecule has 1 amide bonds. The Kier molecular flexibility index (Phi) is 4.12. The third-order valence-corrected chi connectivity index (χ3v) is 5.35. The number of likely N-dealkylation sites (tertiary alicyclic amines) is 1. The van der Waals surface area contributed by atoms with Crippen molar-refractivity contribution in [2.75, 3.05) is 6.54 Å². The Morgan fingerprint density at radius 1 is 1.33 bits per heavy atom. The molecule has 24 heavy (non-hydrogen) atoms. The zero-order chi connectivity index (χ0) is 16.5. The minimum Gasteiger partial charge on any atom is -0.347 e. The molecule has 0 bridgehead atoms. The van der Waals surface area contributed by atoms with E-state index in [1.807, 2.05) is 36.3 Å². The van der Waals surface area contributed by atoms with E-state index in [0.717, 1.165) is 56.2 Å². The second kappa shape index (κ2) is 6.42. The van der Waals surface area contributed by atoms with Crippen LogP contribution in [-0.4, -0.2) is 42.7 Å². The van der Waals surface area contributed by atoms with Crippen molar-refractivity contribution in [2.24, 2.45) is 13.0 Å². The second-order valence-electron chi connectivity index (χ2n) is 7.18. The number of aryl methyl sites for hydroxylation is 2. The van der Waals surface area contributed by atoms with Crippen LogP contribution < -0.4 is 0 Å². The van der Waals surface area contributed by atoms with Gasteiger partial charge in [-0.2, -0.15) is 0 Å². The molecule has 2 aliphatic rings. The molecule has 1 aliphatic heterocycles. The van der Waals surface area contributed by atoms with E-state index < -0.39 is 0 Å². The average Bonchev–Trinajstić information content (AvgIpc) is 2.97. The maximum Gasteiger partial charge on any atom is 0.270 e. The van der Waals surface area contributed by atoms with E-state index in [9.17, 15) is 4.79 Å². The standard InChI is InChI=1S/C18H25N5O/c1-21-10-3-5-16(21)18(24)23-11-2-4-15(23)8-9-17-20-19-13-22(17)12-14-6-7-14/h3,5,10,13-15H,2,4,6-9,11-12H2,1H3. The summed E-state index contributed by atoms with van der Waals surface area (Å²) in [6.45, 7) is 1.92. The third kappa shape index (κ3) is 3.09. The summed E-state index contributed by atoms with van der Waals surface area (Å²) < 4.78 is 4.11. The van der Waals surface area contributed by atoms with Gasteiger partial charge < -0.3 is 14.0 Å². The molecule has 0 aromatic carbocycles. The Balaban J connectivity index is 1.39. The molecule has 1 unspecified atom stereocenters. The smallest absolute Gasteiger partial charge is 0.270 e. The van der Waals surface area contributed by atoms with Crippen molar-refractivity contribution >= 4 is 5.91 Å². The summed E-state index contributed by atoms with van der Waals surface area (Å²) in [5.74, 6) is 2.05. The molecule has 6 heteroatoms. The largest absolute Gasteiger partial charge is 0.347 e. The number of hydrogen-bond donors (Lipinski definition) is 0. The molecule has 1 aliphatic carbocycles. The van der Waals surface area contributed by atoms with Gasteiger partial charge in [0.1, 0.15) is 17.8 Å². The van der Waals surface area contributed by atoms with Crippen molar-refractivity contribution in [3.8, 4) is 0 Å². The van der Waals surface area contributed by atoms with Crippen LogP contribution in [0.2, 0.25) is 0 Å². The summed E-state index contributed by atoms with van der Waals surface area (Å²) in [5.41, 5.74) is 0.777. The minimum atomic E-state index is 0.157. The van der Waals surface area contributed by atoms with E-state index in [0.29, 0.717) is 6.04 Å². The van der Waals surface area contributed by atoms with Crippen LogP contribution in [0.5, 0.6) is 0 Å². The van der Waals surface area contributed by atoms with Crippen LogP contribution in [-0.2, 0) is 20.0 Å². The van der Waals surface area contributed by atoms with E-state index in [4.69, 9.17) is 0 Å². The molecule has 1 saturated heterocycles. The van der Waals surface area contributed by atoms with Crippen LogP contribution in [0.3, 0.4) is 0 Å². The molecule has 4 rings (SSSR count). The highest BCUT2D eigenvalue weighted by Gasteiger charge is 2.30. The molecule has 0 spiro atoms. The Morgan fingerprint density at radius 3 is 2.96 bits per heavy atom. The van der Waals surface area contributed by atoms with E-state index in [2.05, 4.69) is 19.7 Å². The number of aromatic nitrogens is 4. The van der Waals surface area contributed by atoms with E-state index in [1.165, 1.54) is 12.8 Å². The van der Waals surface area contributed by atoms with Crippen LogP contribution in [0.4, 0.5) is 0 Å². The summed E-state index contributed by atoms with van der Waals surface area (Å²) in [6, 6.07) is 4.15. The molecular weight excluding hydrogens is 302 g/mol. The first-order chi connectivity index (χ1) is 11.7. The van der Waals surface area contributed by atoms with Crippen LogP contribution in [0.15, 0.2) is 24.7 Å². The second-order valence-corrected chi connectivity index (χ2v) is 7.18. The normalized spacial score (nSPS) is 20.7. The first-order valence-electron chi connectivity index (χ1n) is 9.01. The first kappa shape index (κ1) is 15.4. The van der Waals surface area contributed by atoms with Gasteiger partial charge in [0.2, 0.25) is 0 Å². The van der Waals surface area contributed by atoms with Gasteiger partial charge >= 0.3 is 0 Å². The van der Waals surface area contributed by atoms with Gasteiger partial charge in [0, 0.05) is 38.8 Å². The predicted octanol–water partition coefficient (Wildman–Crippen LogP) is 2.26. The van der Waals surface area contributed by atoms with Gasteiger partial charge in [-0.25, -0.2) is 0 Å². The highest BCUT2D eigenvalue weighted by Crippen LogP contribution is 2.31. The molecule has 6 nitrogen and oxygen atoms in total. The Labute approximate surface area is 142 Å². The molecule has 128 valence electrons. The van der Waals surface area contributed by atoms with Crippen molar-refractivity contribution in [3.05, 3.63) is 36.2 Å². The van der Waals surface area contributed by atoms with Crippen molar-refractivity contribution in [3.63, 3.8) is 0 Å². The van der Waals surface area contributed by atoms with Gasteiger partial charge in [-0.3, -0.25) is 4.79 Å². The van der Waals surface area contributed by atoms with Crippen molar-refractivity contribution < 1.29 is 4.79 Å². The van der Waals surface area contributed by atoms with Gasteiger partial charge in [-0.05, 0) is 50.2 Å². The molecule has 0 radical (unpaired) electrons. The fraction of sp³-hybridized carbons (Fsp3) is 0.611. The van der Waals surface area contributed by atoms with Gasteiger partial charge in [-0.15, -0.1) is 10.2 Å². The lowest BCUT2D eigenvalue weighted by molar-refractivity contribution is 0.0720. The van der Waals surface area contributed by atoms with Crippen molar-refractivity contribution in [1.82, 2.24) is 24.2 Å². The van der Waals surface area contributed by atoms with E-state index in [1.54, 1.807) is 0 Å².